The summed E-state index contributed by atoms with van der Waals surface area (Å²) >= 11 is 6.74. The Morgan fingerprint density at radius 1 is 1.13 bits per heavy atom. The highest BCUT2D eigenvalue weighted by Crippen LogP contribution is 2.48. The number of carbonyl (C=O) groups excluding carboxylic acids is 1. The number of hydrogen-bond donors (Lipinski definition) is 1. The van der Waals surface area contributed by atoms with Crippen LogP contribution in [0.1, 0.15) is 68.5 Å². The highest BCUT2D eigenvalue weighted by atomic mass is 32.2. The van der Waals surface area contributed by atoms with Gasteiger partial charge >= 0.3 is 22.8 Å². The maximum absolute atomic E-state index is 13.1. The standard InChI is InChI=1S/C25H43N3O7S2Si2/c1-14(2)38(15(3)4)31-13-19-21(34-39(35-38,16(5)6)17(7)8)22(33-25(36)37-10)23(32-19)28-12-11-20(26-18(9)29)27-24(28)30/h11-12,14-17,19,21-23H,13H2,1-10H3,(H,26,27,29,30)/t19-,21-,22-,23-/m1/s1. The fraction of sp³-hybridized carbons (Fsp3) is 0.760. The van der Waals surface area contributed by atoms with Crippen LogP contribution >= 0.6 is 24.0 Å². The van der Waals surface area contributed by atoms with Crippen LogP contribution in [0.3, 0.4) is 0 Å². The first kappa shape index (κ1) is 32.4. The van der Waals surface area contributed by atoms with E-state index in [4.69, 9.17) is 34.7 Å². The average Bonchev–Trinajstić information content (AvgIpc) is 3.13. The molecule has 1 aromatic rings. The van der Waals surface area contributed by atoms with E-state index in [2.05, 4.69) is 65.7 Å². The Bertz CT molecular complexity index is 1090. The zero-order valence-electron chi connectivity index (χ0n) is 24.5. The van der Waals surface area contributed by atoms with Gasteiger partial charge in [0.05, 0.1) is 6.61 Å². The zero-order valence-corrected chi connectivity index (χ0v) is 28.2. The molecule has 2 saturated heterocycles. The van der Waals surface area contributed by atoms with Gasteiger partial charge in [0.2, 0.25) is 10.3 Å². The molecule has 1 N–H and O–H groups in total. The molecule has 14 heteroatoms. The van der Waals surface area contributed by atoms with E-state index in [0.717, 1.165) is 0 Å². The Morgan fingerprint density at radius 3 is 2.21 bits per heavy atom. The van der Waals surface area contributed by atoms with Gasteiger partial charge in [-0.25, -0.2) is 4.79 Å². The quantitative estimate of drug-likeness (QED) is 0.328. The maximum atomic E-state index is 13.1. The van der Waals surface area contributed by atoms with E-state index >= 15 is 0 Å². The van der Waals surface area contributed by atoms with Crippen LogP contribution in [0.15, 0.2) is 17.1 Å². The van der Waals surface area contributed by atoms with Gasteiger partial charge in [-0.3, -0.25) is 9.36 Å². The molecule has 2 aliphatic rings. The number of anilines is 1. The molecule has 0 aliphatic carbocycles. The number of thiocarbonyl (C=S) groups is 1. The molecule has 39 heavy (non-hydrogen) atoms. The fourth-order valence-corrected chi connectivity index (χ4v) is 17.0. The second-order valence-corrected chi connectivity index (χ2v) is 21.6. The van der Waals surface area contributed by atoms with Gasteiger partial charge in [-0.2, -0.15) is 4.98 Å². The second kappa shape index (κ2) is 12.8. The SMILES string of the molecule is CSC(=S)O[C@@H]1[C@@H]2O[Si](C(C)C)(C(C)C)O[Si](C(C)C)(C(C)C)OC[C@H]2O[C@H]1n1ccc(NC(C)=O)nc1=O. The zero-order chi connectivity index (χ0) is 29.3. The molecule has 0 unspecified atom stereocenters. The van der Waals surface area contributed by atoms with Crippen molar-refractivity contribution in [3.05, 3.63) is 22.7 Å². The minimum Gasteiger partial charge on any atom is -0.468 e. The largest absolute Gasteiger partial charge is 0.468 e. The lowest BCUT2D eigenvalue weighted by molar-refractivity contribution is -0.114. The van der Waals surface area contributed by atoms with Crippen LogP contribution in [0, 0.1) is 0 Å². The predicted molar refractivity (Wildman–Crippen MR) is 162 cm³/mol. The lowest BCUT2D eigenvalue weighted by atomic mass is 10.1. The van der Waals surface area contributed by atoms with Crippen molar-refractivity contribution in [2.75, 3.05) is 18.2 Å². The summed E-state index contributed by atoms with van der Waals surface area (Å²) in [6.07, 6.45) is 0.632. The molecule has 1 amide bonds. The monoisotopic (exact) mass is 617 g/mol. The number of thioether (sulfide) groups is 1. The predicted octanol–water partition coefficient (Wildman–Crippen LogP) is 5.09. The Kier molecular flexibility index (Phi) is 10.6. The summed E-state index contributed by atoms with van der Waals surface area (Å²) in [5, 5.41) is 2.54. The number of carbonyl (C=O) groups is 1. The van der Waals surface area contributed by atoms with Gasteiger partial charge in [0.15, 0.2) is 12.3 Å². The number of ether oxygens (including phenoxy) is 2. The third-order valence-electron chi connectivity index (χ3n) is 7.42. The van der Waals surface area contributed by atoms with E-state index in [-0.39, 0.29) is 40.5 Å². The summed E-state index contributed by atoms with van der Waals surface area (Å²) in [6, 6.07) is 1.55. The molecule has 1 aromatic heterocycles. The third kappa shape index (κ3) is 6.53. The normalized spacial score (nSPS) is 26.4. The molecule has 0 radical (unpaired) electrons. The Hall–Kier alpha value is -1.14. The average molecular weight is 618 g/mol. The lowest BCUT2D eigenvalue weighted by Crippen LogP contribution is -2.66. The van der Waals surface area contributed by atoms with Crippen molar-refractivity contribution < 1.29 is 27.2 Å². The first-order chi connectivity index (χ1) is 18.2. The number of fused-ring (bicyclic) bond motifs is 1. The summed E-state index contributed by atoms with van der Waals surface area (Å²) in [5.41, 5.74) is -0.00635. The number of hydrogen-bond acceptors (Lipinski definition) is 10. The molecule has 3 heterocycles. The van der Waals surface area contributed by atoms with Gasteiger partial charge in [-0.1, -0.05) is 67.2 Å². The van der Waals surface area contributed by atoms with Gasteiger partial charge < -0.3 is 27.8 Å². The molecule has 3 rings (SSSR count). The van der Waals surface area contributed by atoms with Crippen LogP contribution < -0.4 is 11.0 Å². The van der Waals surface area contributed by atoms with Crippen molar-refractivity contribution in [3.63, 3.8) is 0 Å². The van der Waals surface area contributed by atoms with Crippen LogP contribution in [0.2, 0.25) is 22.2 Å². The van der Waals surface area contributed by atoms with E-state index in [0.29, 0.717) is 4.38 Å². The number of amides is 1. The van der Waals surface area contributed by atoms with E-state index in [1.807, 2.05) is 6.26 Å². The molecule has 0 saturated carbocycles. The highest BCUT2D eigenvalue weighted by molar-refractivity contribution is 8.22. The van der Waals surface area contributed by atoms with Crippen LogP contribution in [0.25, 0.3) is 0 Å². The highest BCUT2D eigenvalue weighted by Gasteiger charge is 2.62. The van der Waals surface area contributed by atoms with Crippen LogP contribution in [0.4, 0.5) is 5.82 Å². The third-order valence-corrected chi connectivity index (χ3v) is 18.7. The summed E-state index contributed by atoms with van der Waals surface area (Å²) in [4.78, 5) is 28.6. The van der Waals surface area contributed by atoms with E-state index in [1.165, 1.54) is 29.4 Å². The number of nitrogens with zero attached hydrogens (tertiary/aromatic N) is 2. The Labute approximate surface area is 243 Å². The van der Waals surface area contributed by atoms with E-state index in [9.17, 15) is 9.59 Å². The summed E-state index contributed by atoms with van der Waals surface area (Å²) < 4.78 is 35.7. The van der Waals surface area contributed by atoms with Gasteiger partial charge in [-0.15, -0.1) is 0 Å². The summed E-state index contributed by atoms with van der Waals surface area (Å²) in [5.74, 6) is -0.160. The van der Waals surface area contributed by atoms with E-state index in [1.54, 1.807) is 6.07 Å². The van der Waals surface area contributed by atoms with E-state index < -0.39 is 47.4 Å². The van der Waals surface area contributed by atoms with Crippen LogP contribution in [-0.2, 0) is 27.2 Å². The van der Waals surface area contributed by atoms with Crippen LogP contribution in [-0.4, -0.2) is 68.1 Å². The number of aromatic nitrogens is 2. The maximum Gasteiger partial charge on any atom is 0.351 e. The van der Waals surface area contributed by atoms with Crippen molar-refractivity contribution in [1.82, 2.24) is 9.55 Å². The summed E-state index contributed by atoms with van der Waals surface area (Å²) in [6.45, 7) is 18.8. The smallest absolute Gasteiger partial charge is 0.351 e. The number of nitrogens with one attached hydrogen (secondary N) is 1. The minimum atomic E-state index is -2.97. The molecule has 2 fully saturated rings. The molecule has 0 bridgehead atoms. The molecule has 220 valence electrons. The first-order valence-corrected chi connectivity index (χ1v) is 19.0. The molecular formula is C25H43N3O7S2Si2. The Morgan fingerprint density at radius 2 is 1.72 bits per heavy atom. The lowest BCUT2D eigenvalue weighted by Gasteiger charge is -2.51. The minimum absolute atomic E-state index is 0.109. The van der Waals surface area contributed by atoms with Crippen molar-refractivity contribution >= 4 is 57.2 Å². The summed E-state index contributed by atoms with van der Waals surface area (Å²) in [7, 11) is -5.74. The molecule has 4 atom stereocenters. The second-order valence-electron chi connectivity index (χ2n) is 11.3. The molecule has 0 spiro atoms. The Balaban J connectivity index is 2.14. The molecule has 0 aromatic carbocycles. The molecule has 10 nitrogen and oxygen atoms in total. The van der Waals surface area contributed by atoms with Gasteiger partial charge in [0, 0.05) is 13.1 Å². The van der Waals surface area contributed by atoms with Crippen molar-refractivity contribution in [1.29, 1.82) is 0 Å². The fourth-order valence-electron chi connectivity index (χ4n) is 5.49. The number of rotatable bonds is 7. The van der Waals surface area contributed by atoms with Crippen LogP contribution in [0.5, 0.6) is 0 Å². The topological polar surface area (TPSA) is 110 Å². The van der Waals surface area contributed by atoms with Crippen molar-refractivity contribution in [2.24, 2.45) is 0 Å². The first-order valence-electron chi connectivity index (χ1n) is 13.5. The van der Waals surface area contributed by atoms with Crippen molar-refractivity contribution in [2.45, 2.75) is 109 Å². The van der Waals surface area contributed by atoms with Gasteiger partial charge in [-0.05, 0) is 46.7 Å². The molecule has 2 aliphatic heterocycles. The van der Waals surface area contributed by atoms with Gasteiger partial charge in [0.1, 0.15) is 18.0 Å². The van der Waals surface area contributed by atoms with Gasteiger partial charge in [0.25, 0.3) is 0 Å². The molecular weight excluding hydrogens is 575 g/mol. The van der Waals surface area contributed by atoms with Crippen molar-refractivity contribution in [3.8, 4) is 0 Å².